The van der Waals surface area contributed by atoms with Gasteiger partial charge in [-0.2, -0.15) is 0 Å². The van der Waals surface area contributed by atoms with Gasteiger partial charge in [-0.3, -0.25) is 0 Å². The van der Waals surface area contributed by atoms with Crippen LogP contribution < -0.4 is 16.0 Å². The van der Waals surface area contributed by atoms with Crippen molar-refractivity contribution < 1.29 is 0 Å². The molecule has 0 amide bonds. The van der Waals surface area contributed by atoms with E-state index in [1.165, 1.54) is 40.8 Å². The maximum Gasteiger partial charge on any atom is 0.0505 e. The molecule has 4 rings (SSSR count). The van der Waals surface area contributed by atoms with Gasteiger partial charge in [0, 0.05) is 30.4 Å². The van der Waals surface area contributed by atoms with Gasteiger partial charge >= 0.3 is 0 Å². The number of fused-ring (bicyclic) bond motifs is 2. The standard InChI is InChI=1S/C34H48N2.C8H18.C4H9N.C2H4/c1-10-14-22(5)30(15-11-2)36-24(7)31-28(20-29-32(31)34(29,8)9)23(6)33(35-21(3)4)27-18-25-16-12-13-17-26(25)19-27;1-6-7(2)8(3,4)5;1-4(2)5-3;1-2/h10,12-13,16-17,27-33,35-36H,1,3,5-7,11,14-15,18-20H2,2,4,8-9H3;7H,6H2,1-5H3;5H,1H2,2-3H3;1-2H2. The number of nitrogens with one attached hydrogen (secondary N) is 3. The molecule has 3 aliphatic carbocycles. The minimum absolute atomic E-state index is 0.234. The zero-order valence-electron chi connectivity index (χ0n) is 35.1. The number of hydrogen-bond acceptors (Lipinski definition) is 3. The van der Waals surface area contributed by atoms with Crippen LogP contribution in [-0.2, 0) is 12.8 Å². The first-order valence-corrected chi connectivity index (χ1v) is 19.6. The molecule has 51 heavy (non-hydrogen) atoms. The lowest BCUT2D eigenvalue weighted by atomic mass is 9.74. The molecule has 3 heteroatoms. The van der Waals surface area contributed by atoms with Crippen LogP contribution in [-0.4, -0.2) is 19.1 Å². The zero-order chi connectivity index (χ0) is 39.3. The molecule has 7 unspecified atom stereocenters. The Morgan fingerprint density at radius 1 is 0.941 bits per heavy atom. The molecule has 3 nitrogen and oxygen atoms in total. The smallest absolute Gasteiger partial charge is 0.0505 e. The fourth-order valence-electron chi connectivity index (χ4n) is 8.23. The van der Waals surface area contributed by atoms with Gasteiger partial charge in [0.1, 0.15) is 0 Å². The van der Waals surface area contributed by atoms with E-state index in [1.54, 1.807) is 0 Å². The molecule has 0 spiro atoms. The van der Waals surface area contributed by atoms with E-state index in [1.807, 2.05) is 20.0 Å². The molecule has 0 aliphatic heterocycles. The summed E-state index contributed by atoms with van der Waals surface area (Å²) < 4.78 is 0. The van der Waals surface area contributed by atoms with E-state index >= 15 is 0 Å². The minimum Gasteiger partial charge on any atom is -0.392 e. The SMILES string of the molecule is C=C.C=C(C)NC.C=CCC(=C)C(CCC)NC(=C)C1C(C(=C)C(NC(=C)C)C2Cc3ccccc3C2)CC2C1C2(C)C.CCC(C)C(C)(C)C. The summed E-state index contributed by atoms with van der Waals surface area (Å²) >= 11 is 0. The predicted molar refractivity (Wildman–Crippen MR) is 230 cm³/mol. The van der Waals surface area contributed by atoms with Gasteiger partial charge in [0.15, 0.2) is 0 Å². The Labute approximate surface area is 317 Å². The Balaban J connectivity index is 0.000000732. The van der Waals surface area contributed by atoms with Crippen molar-refractivity contribution in [1.82, 2.24) is 16.0 Å². The second-order valence-electron chi connectivity index (χ2n) is 17.1. The summed E-state index contributed by atoms with van der Waals surface area (Å²) in [5, 5.41) is 10.5. The third kappa shape index (κ3) is 12.8. The van der Waals surface area contributed by atoms with E-state index in [0.717, 1.165) is 55.3 Å². The van der Waals surface area contributed by atoms with Gasteiger partial charge in [-0.25, -0.2) is 0 Å². The fraction of sp³-hybridized carbons (Fsp3) is 0.583. The molecule has 2 fully saturated rings. The first-order chi connectivity index (χ1) is 23.8. The molecule has 0 bridgehead atoms. The van der Waals surface area contributed by atoms with Crippen LogP contribution in [0.1, 0.15) is 112 Å². The summed E-state index contributed by atoms with van der Waals surface area (Å²) in [6.45, 7) is 54.1. The number of allylic oxidation sites excluding steroid dienone is 4. The minimum atomic E-state index is 0.234. The largest absolute Gasteiger partial charge is 0.392 e. The van der Waals surface area contributed by atoms with E-state index < -0.39 is 0 Å². The average molecular weight is 698 g/mol. The van der Waals surface area contributed by atoms with Gasteiger partial charge in [0.2, 0.25) is 0 Å². The van der Waals surface area contributed by atoms with E-state index in [9.17, 15) is 0 Å². The van der Waals surface area contributed by atoms with E-state index in [-0.39, 0.29) is 12.1 Å². The molecule has 3 N–H and O–H groups in total. The molecule has 0 aromatic heterocycles. The summed E-state index contributed by atoms with van der Waals surface area (Å²) in [5.41, 5.74) is 9.65. The Hall–Kier alpha value is -3.20. The normalized spacial score (nSPS) is 22.6. The second kappa shape index (κ2) is 20.7. The monoisotopic (exact) mass is 698 g/mol. The third-order valence-corrected chi connectivity index (χ3v) is 12.1. The highest BCUT2D eigenvalue weighted by Gasteiger charge is 2.68. The number of hydrogen-bond donors (Lipinski definition) is 3. The molecule has 1 aromatic rings. The molecule has 1 aromatic carbocycles. The third-order valence-electron chi connectivity index (χ3n) is 12.1. The molecule has 0 radical (unpaired) electrons. The highest BCUT2D eigenvalue weighted by Crippen LogP contribution is 2.72. The summed E-state index contributed by atoms with van der Waals surface area (Å²) in [4.78, 5) is 0. The zero-order valence-corrected chi connectivity index (χ0v) is 35.1. The maximum absolute atomic E-state index is 4.81. The van der Waals surface area contributed by atoms with Crippen LogP contribution in [0.3, 0.4) is 0 Å². The first-order valence-electron chi connectivity index (χ1n) is 19.6. The van der Waals surface area contributed by atoms with Crippen molar-refractivity contribution in [2.75, 3.05) is 7.05 Å². The second-order valence-corrected chi connectivity index (χ2v) is 17.1. The lowest BCUT2D eigenvalue weighted by Gasteiger charge is -2.37. The van der Waals surface area contributed by atoms with E-state index in [4.69, 9.17) is 6.58 Å². The first kappa shape index (κ1) is 45.8. The van der Waals surface area contributed by atoms with Crippen molar-refractivity contribution in [3.63, 3.8) is 0 Å². The van der Waals surface area contributed by atoms with Crippen molar-refractivity contribution in [1.29, 1.82) is 0 Å². The Morgan fingerprint density at radius 2 is 1.47 bits per heavy atom. The molecule has 3 aliphatic rings. The van der Waals surface area contributed by atoms with Gasteiger partial charge in [-0.05, 0) is 103 Å². The Bertz CT molecular complexity index is 1300. The highest BCUT2D eigenvalue weighted by molar-refractivity contribution is 5.36. The average Bonchev–Trinajstić information content (AvgIpc) is 3.44. The summed E-state index contributed by atoms with van der Waals surface area (Å²) in [6.07, 6.45) is 9.71. The van der Waals surface area contributed by atoms with Crippen LogP contribution in [0.4, 0.5) is 0 Å². The van der Waals surface area contributed by atoms with Gasteiger partial charge in [0.05, 0.1) is 6.04 Å². The lowest BCUT2D eigenvalue weighted by Crippen LogP contribution is -2.42. The van der Waals surface area contributed by atoms with Crippen LogP contribution in [0.25, 0.3) is 0 Å². The van der Waals surface area contributed by atoms with Crippen LogP contribution in [0.15, 0.2) is 111 Å². The van der Waals surface area contributed by atoms with Crippen LogP contribution in [0.5, 0.6) is 0 Å². The van der Waals surface area contributed by atoms with Crippen LogP contribution in [0.2, 0.25) is 0 Å². The molecule has 0 heterocycles. The molecule has 7 atom stereocenters. The van der Waals surface area contributed by atoms with Crippen molar-refractivity contribution in [3.05, 3.63) is 122 Å². The van der Waals surface area contributed by atoms with Crippen LogP contribution >= 0.6 is 0 Å². The predicted octanol–water partition coefficient (Wildman–Crippen LogP) is 12.4. The summed E-state index contributed by atoms with van der Waals surface area (Å²) in [7, 11) is 1.85. The summed E-state index contributed by atoms with van der Waals surface area (Å²) in [5.74, 6) is 3.62. The van der Waals surface area contributed by atoms with Gasteiger partial charge in [-0.15, -0.1) is 19.7 Å². The highest BCUT2D eigenvalue weighted by atomic mass is 15.0. The fourth-order valence-corrected chi connectivity index (χ4v) is 8.23. The molecule has 286 valence electrons. The molecular formula is C48H79N3. The Morgan fingerprint density at radius 3 is 1.86 bits per heavy atom. The van der Waals surface area contributed by atoms with Crippen molar-refractivity contribution in [2.45, 2.75) is 126 Å². The molecular weight excluding hydrogens is 619 g/mol. The molecule has 0 saturated heterocycles. The Kier molecular flexibility index (Phi) is 18.6. The van der Waals surface area contributed by atoms with Crippen LogP contribution in [0, 0.1) is 46.3 Å². The summed E-state index contributed by atoms with van der Waals surface area (Å²) in [6, 6.07) is 9.41. The van der Waals surface area contributed by atoms with Gasteiger partial charge in [0.25, 0.3) is 0 Å². The molecule has 2 saturated carbocycles. The van der Waals surface area contributed by atoms with Crippen molar-refractivity contribution >= 4 is 0 Å². The number of benzene rings is 1. The maximum atomic E-state index is 4.81. The van der Waals surface area contributed by atoms with Gasteiger partial charge < -0.3 is 16.0 Å². The van der Waals surface area contributed by atoms with E-state index in [2.05, 4.69) is 149 Å². The van der Waals surface area contributed by atoms with Gasteiger partial charge in [-0.1, -0.05) is 143 Å². The topological polar surface area (TPSA) is 36.1 Å². The van der Waals surface area contributed by atoms with Crippen molar-refractivity contribution in [3.8, 4) is 0 Å². The van der Waals surface area contributed by atoms with Crippen molar-refractivity contribution in [2.24, 2.45) is 46.3 Å². The quantitative estimate of drug-likeness (QED) is 0.160. The number of rotatable bonds is 15. The van der Waals surface area contributed by atoms with E-state index in [0.29, 0.717) is 34.5 Å². The lowest BCUT2D eigenvalue weighted by molar-refractivity contribution is 0.254.